The molecule has 0 heterocycles. The minimum absolute atomic E-state index is 0.562. The van der Waals surface area contributed by atoms with Crippen LogP contribution < -0.4 is 0 Å². The van der Waals surface area contributed by atoms with Crippen LogP contribution in [0, 0.1) is 10.8 Å². The normalized spacial score (nSPS) is 24.6. The summed E-state index contributed by atoms with van der Waals surface area (Å²) in [6.45, 7) is 4.95. The van der Waals surface area contributed by atoms with Crippen molar-refractivity contribution in [1.82, 2.24) is 0 Å². The minimum Gasteiger partial charge on any atom is -0.398 e. The fraction of sp³-hybridized carbons (Fsp3) is 1.00. The highest BCUT2D eigenvalue weighted by Gasteiger charge is 2.41. The van der Waals surface area contributed by atoms with Crippen LogP contribution in [0.3, 0.4) is 0 Å². The maximum atomic E-state index is 6.01. The van der Waals surface area contributed by atoms with Crippen LogP contribution in [0.4, 0.5) is 0 Å². The van der Waals surface area contributed by atoms with Crippen molar-refractivity contribution >= 4 is 8.56 Å². The zero-order chi connectivity index (χ0) is 15.4. The SMILES string of the molecule is CO[Si](CCC1(C)CCCC1)(CCC1(C)CCCC1)OC. The molecule has 0 bridgehead atoms. The van der Waals surface area contributed by atoms with E-state index in [4.69, 9.17) is 8.85 Å². The first-order valence-electron chi connectivity index (χ1n) is 9.05. The van der Waals surface area contributed by atoms with E-state index in [1.54, 1.807) is 0 Å². The van der Waals surface area contributed by atoms with Gasteiger partial charge < -0.3 is 8.85 Å². The first kappa shape index (κ1) is 17.5. The Balaban J connectivity index is 1.88. The van der Waals surface area contributed by atoms with Gasteiger partial charge in [0.1, 0.15) is 0 Å². The van der Waals surface area contributed by atoms with Gasteiger partial charge in [-0.1, -0.05) is 39.5 Å². The number of rotatable bonds is 8. The fourth-order valence-electron chi connectivity index (χ4n) is 4.56. The lowest BCUT2D eigenvalue weighted by Gasteiger charge is -2.34. The highest BCUT2D eigenvalue weighted by molar-refractivity contribution is 6.67. The van der Waals surface area contributed by atoms with Crippen molar-refractivity contribution in [3.63, 3.8) is 0 Å². The minimum atomic E-state index is -1.97. The average Bonchev–Trinajstić information content (AvgIpc) is 3.10. The predicted octanol–water partition coefficient (Wildman–Crippen LogP) is 5.66. The van der Waals surface area contributed by atoms with Crippen molar-refractivity contribution in [3.05, 3.63) is 0 Å². The Morgan fingerprint density at radius 1 is 0.714 bits per heavy atom. The Kier molecular flexibility index (Phi) is 5.95. The lowest BCUT2D eigenvalue weighted by Crippen LogP contribution is -2.42. The van der Waals surface area contributed by atoms with Gasteiger partial charge in [-0.05, 0) is 61.4 Å². The number of hydrogen-bond acceptors (Lipinski definition) is 2. The maximum Gasteiger partial charge on any atom is 0.337 e. The quantitative estimate of drug-likeness (QED) is 0.538. The Bertz CT molecular complexity index is 285. The topological polar surface area (TPSA) is 18.5 Å². The van der Waals surface area contributed by atoms with E-state index >= 15 is 0 Å². The van der Waals surface area contributed by atoms with Crippen LogP contribution >= 0.6 is 0 Å². The van der Waals surface area contributed by atoms with Gasteiger partial charge in [0.15, 0.2) is 0 Å². The molecule has 3 heteroatoms. The summed E-state index contributed by atoms with van der Waals surface area (Å²) in [5.74, 6) is 0. The Morgan fingerprint density at radius 2 is 1.05 bits per heavy atom. The van der Waals surface area contributed by atoms with Gasteiger partial charge in [0.25, 0.3) is 0 Å². The third-order valence-electron chi connectivity index (χ3n) is 6.58. The van der Waals surface area contributed by atoms with Crippen LogP contribution in [0.5, 0.6) is 0 Å². The zero-order valence-corrected chi connectivity index (χ0v) is 15.8. The van der Waals surface area contributed by atoms with Crippen molar-refractivity contribution in [2.75, 3.05) is 14.2 Å². The molecular weight excluding hydrogens is 276 g/mol. The van der Waals surface area contributed by atoms with Gasteiger partial charge in [0.05, 0.1) is 0 Å². The van der Waals surface area contributed by atoms with Crippen molar-refractivity contribution in [3.8, 4) is 0 Å². The summed E-state index contributed by atoms with van der Waals surface area (Å²) in [6, 6.07) is 2.37. The summed E-state index contributed by atoms with van der Waals surface area (Å²) in [6.07, 6.45) is 13.9. The second-order valence-corrected chi connectivity index (χ2v) is 12.0. The second kappa shape index (κ2) is 7.14. The lowest BCUT2D eigenvalue weighted by molar-refractivity contribution is 0.214. The van der Waals surface area contributed by atoms with E-state index in [0.29, 0.717) is 10.8 Å². The first-order valence-corrected chi connectivity index (χ1v) is 11.3. The second-order valence-electron chi connectivity index (χ2n) is 8.35. The summed E-state index contributed by atoms with van der Waals surface area (Å²) in [5.41, 5.74) is 1.12. The molecule has 0 saturated heterocycles. The van der Waals surface area contributed by atoms with Gasteiger partial charge in [-0.25, -0.2) is 0 Å². The molecule has 2 rings (SSSR count). The molecule has 0 aromatic carbocycles. The van der Waals surface area contributed by atoms with Crippen LogP contribution in [-0.4, -0.2) is 22.8 Å². The first-order chi connectivity index (χ1) is 9.95. The predicted molar refractivity (Wildman–Crippen MR) is 91.8 cm³/mol. The molecule has 0 spiro atoms. The molecule has 2 fully saturated rings. The molecule has 2 nitrogen and oxygen atoms in total. The van der Waals surface area contributed by atoms with Gasteiger partial charge >= 0.3 is 8.56 Å². The van der Waals surface area contributed by atoms with Crippen molar-refractivity contribution in [2.45, 2.75) is 90.1 Å². The third-order valence-corrected chi connectivity index (χ3v) is 10.1. The Hall–Kier alpha value is 0.137. The molecule has 124 valence electrons. The molecular formula is C18H36O2Si. The maximum absolute atomic E-state index is 6.01. The molecule has 0 aromatic rings. The van der Waals surface area contributed by atoms with Crippen LogP contribution in [-0.2, 0) is 8.85 Å². The van der Waals surface area contributed by atoms with Gasteiger partial charge in [-0.3, -0.25) is 0 Å². The standard InChI is InChI=1S/C18H36O2Si/c1-17(9-5-6-10-17)13-15-21(19-3,20-4)16-14-18(2)11-7-8-12-18/h5-16H2,1-4H3. The molecule has 0 unspecified atom stereocenters. The molecule has 0 amide bonds. The molecule has 0 atom stereocenters. The zero-order valence-electron chi connectivity index (χ0n) is 14.8. The van der Waals surface area contributed by atoms with Gasteiger partial charge in [0.2, 0.25) is 0 Å². The molecule has 0 N–H and O–H groups in total. The molecule has 0 aliphatic heterocycles. The van der Waals surface area contributed by atoms with Crippen LogP contribution in [0.2, 0.25) is 12.1 Å². The smallest absolute Gasteiger partial charge is 0.337 e. The summed E-state index contributed by atoms with van der Waals surface area (Å²) >= 11 is 0. The van der Waals surface area contributed by atoms with Crippen LogP contribution in [0.15, 0.2) is 0 Å². The average molecular weight is 313 g/mol. The van der Waals surface area contributed by atoms with E-state index in [9.17, 15) is 0 Å². The molecule has 2 aliphatic rings. The highest BCUT2D eigenvalue weighted by Crippen LogP contribution is 2.46. The summed E-state index contributed by atoms with van der Waals surface area (Å²) < 4.78 is 12.0. The summed E-state index contributed by atoms with van der Waals surface area (Å²) in [7, 11) is 1.81. The molecule has 21 heavy (non-hydrogen) atoms. The monoisotopic (exact) mass is 312 g/mol. The lowest BCUT2D eigenvalue weighted by atomic mass is 9.86. The van der Waals surface area contributed by atoms with E-state index in [-0.39, 0.29) is 0 Å². The summed E-state index contributed by atoms with van der Waals surface area (Å²) in [5, 5.41) is 0. The van der Waals surface area contributed by atoms with E-state index in [2.05, 4.69) is 13.8 Å². The Morgan fingerprint density at radius 3 is 1.33 bits per heavy atom. The van der Waals surface area contributed by atoms with E-state index in [0.717, 1.165) is 0 Å². The van der Waals surface area contributed by atoms with Gasteiger partial charge in [-0.2, -0.15) is 0 Å². The van der Waals surface area contributed by atoms with Crippen molar-refractivity contribution in [1.29, 1.82) is 0 Å². The third kappa shape index (κ3) is 4.55. The van der Waals surface area contributed by atoms with Crippen LogP contribution in [0.1, 0.15) is 78.1 Å². The van der Waals surface area contributed by atoms with Crippen molar-refractivity contribution in [2.24, 2.45) is 10.8 Å². The summed E-state index contributed by atoms with van der Waals surface area (Å²) in [4.78, 5) is 0. The van der Waals surface area contributed by atoms with Crippen molar-refractivity contribution < 1.29 is 8.85 Å². The fourth-order valence-corrected chi connectivity index (χ4v) is 7.76. The van der Waals surface area contributed by atoms with Gasteiger partial charge in [0, 0.05) is 14.2 Å². The largest absolute Gasteiger partial charge is 0.398 e. The Labute approximate surface area is 133 Å². The molecule has 0 radical (unpaired) electrons. The van der Waals surface area contributed by atoms with Crippen LogP contribution in [0.25, 0.3) is 0 Å². The van der Waals surface area contributed by atoms with E-state index in [1.807, 2.05) is 14.2 Å². The van der Waals surface area contributed by atoms with E-state index in [1.165, 1.54) is 76.3 Å². The van der Waals surface area contributed by atoms with E-state index < -0.39 is 8.56 Å². The van der Waals surface area contributed by atoms with Gasteiger partial charge in [-0.15, -0.1) is 0 Å². The molecule has 2 aliphatic carbocycles. The number of hydrogen-bond donors (Lipinski definition) is 0. The molecule has 2 saturated carbocycles. The molecule has 0 aromatic heterocycles. The highest BCUT2D eigenvalue weighted by atomic mass is 28.4.